The second kappa shape index (κ2) is 11.2. The molecule has 5 rings (SSSR count). The molecule has 34 heavy (non-hydrogen) atoms. The summed E-state index contributed by atoms with van der Waals surface area (Å²) in [6.07, 6.45) is 5.07. The maximum atomic E-state index is 12.9. The first kappa shape index (κ1) is 26.1. The Kier molecular flexibility index (Phi) is 8.62. The largest absolute Gasteiger partial charge is 0.323 e. The van der Waals surface area contributed by atoms with Gasteiger partial charge >= 0.3 is 0 Å². The molecule has 3 aromatic rings. The van der Waals surface area contributed by atoms with Crippen LogP contribution in [-0.2, 0) is 17.8 Å². The minimum absolute atomic E-state index is 0. The third kappa shape index (κ3) is 5.24. The Hall–Kier alpha value is -2.56. The summed E-state index contributed by atoms with van der Waals surface area (Å²) in [5.41, 5.74) is 3.86. The van der Waals surface area contributed by atoms with Crippen molar-refractivity contribution >= 4 is 48.0 Å². The lowest BCUT2D eigenvalue weighted by Gasteiger charge is -2.35. The maximum absolute atomic E-state index is 12.9. The number of rotatable bonds is 4. The fraction of sp³-hybridized carbons (Fsp3) is 0.320. The van der Waals surface area contributed by atoms with Gasteiger partial charge in [0.15, 0.2) is 0 Å². The fourth-order valence-corrected chi connectivity index (χ4v) is 4.99. The van der Waals surface area contributed by atoms with Crippen LogP contribution in [0.1, 0.15) is 41.5 Å². The van der Waals surface area contributed by atoms with Crippen LogP contribution in [0.15, 0.2) is 54.7 Å². The fourth-order valence-electron chi connectivity index (χ4n) is 4.80. The number of piperazine rings is 1. The molecule has 1 saturated heterocycles. The van der Waals surface area contributed by atoms with Crippen molar-refractivity contribution in [3.8, 4) is 6.07 Å². The molecule has 1 amide bonds. The Morgan fingerprint density at radius 1 is 1.12 bits per heavy atom. The lowest BCUT2D eigenvalue weighted by Crippen LogP contribution is -2.50. The van der Waals surface area contributed by atoms with E-state index in [0.717, 1.165) is 43.0 Å². The van der Waals surface area contributed by atoms with E-state index in [1.807, 2.05) is 47.5 Å². The molecule has 2 aromatic carbocycles. The van der Waals surface area contributed by atoms with E-state index in [0.29, 0.717) is 30.2 Å². The summed E-state index contributed by atoms with van der Waals surface area (Å²) in [7, 11) is 0. The Balaban J connectivity index is 0.00000162. The zero-order valence-corrected chi connectivity index (χ0v) is 21.0. The summed E-state index contributed by atoms with van der Waals surface area (Å²) in [4.78, 5) is 21.6. The van der Waals surface area contributed by atoms with Crippen molar-refractivity contribution in [1.29, 1.82) is 5.26 Å². The number of carbonyl (C=O) groups excluding carboxylic acids is 1. The third-order valence-corrected chi connectivity index (χ3v) is 6.60. The Morgan fingerprint density at radius 3 is 2.62 bits per heavy atom. The van der Waals surface area contributed by atoms with Crippen molar-refractivity contribution < 1.29 is 4.79 Å². The van der Waals surface area contributed by atoms with Gasteiger partial charge in [0.1, 0.15) is 5.82 Å². The first-order chi connectivity index (χ1) is 15.6. The van der Waals surface area contributed by atoms with Crippen LogP contribution in [0.25, 0.3) is 0 Å². The molecule has 0 radical (unpaired) electrons. The van der Waals surface area contributed by atoms with E-state index in [9.17, 15) is 4.79 Å². The number of halogens is 3. The molecule has 0 bridgehead atoms. The molecule has 0 spiro atoms. The lowest BCUT2D eigenvalue weighted by molar-refractivity contribution is -0.121. The zero-order chi connectivity index (χ0) is 22.1. The van der Waals surface area contributed by atoms with Crippen LogP contribution in [-0.4, -0.2) is 40.0 Å². The molecule has 0 N–H and O–H groups in total. The summed E-state index contributed by atoms with van der Waals surface area (Å²) in [6, 6.07) is 17.7. The smallest absolute Gasteiger partial charge is 0.241 e. The molecule has 3 heterocycles. The van der Waals surface area contributed by atoms with Crippen molar-refractivity contribution in [1.82, 2.24) is 14.5 Å². The summed E-state index contributed by atoms with van der Waals surface area (Å²) < 4.78 is 2.35. The minimum Gasteiger partial charge on any atom is -0.323 e. The highest BCUT2D eigenvalue weighted by atomic mass is 35.5. The molecule has 2 aliphatic rings. The van der Waals surface area contributed by atoms with Crippen LogP contribution < -0.4 is 4.90 Å². The van der Waals surface area contributed by atoms with Crippen LogP contribution in [0.3, 0.4) is 0 Å². The molecule has 1 unspecified atom stereocenters. The SMILES string of the molecule is Cl.Cl.N#Cc1ccc(C2CCCc3ncc(CN4CCN(c5cccc(Cl)c5)C(=O)C4)n32)cc1. The Labute approximate surface area is 217 Å². The van der Waals surface area contributed by atoms with Gasteiger partial charge in [0.05, 0.1) is 29.9 Å². The van der Waals surface area contributed by atoms with Gasteiger partial charge in [0.25, 0.3) is 0 Å². The van der Waals surface area contributed by atoms with Gasteiger partial charge in [-0.2, -0.15) is 5.26 Å². The first-order valence-electron chi connectivity index (χ1n) is 11.0. The van der Waals surface area contributed by atoms with Crippen LogP contribution >= 0.6 is 36.4 Å². The number of hydrogen-bond acceptors (Lipinski definition) is 4. The van der Waals surface area contributed by atoms with Crippen molar-refractivity contribution in [3.05, 3.63) is 82.4 Å². The normalized spacial score (nSPS) is 17.8. The predicted molar refractivity (Wildman–Crippen MR) is 138 cm³/mol. The van der Waals surface area contributed by atoms with Crippen LogP contribution in [0.5, 0.6) is 0 Å². The summed E-state index contributed by atoms with van der Waals surface area (Å²) in [5.74, 6) is 1.19. The highest BCUT2D eigenvalue weighted by Crippen LogP contribution is 2.33. The second-order valence-corrected chi connectivity index (χ2v) is 8.85. The number of carbonyl (C=O) groups is 1. The van der Waals surface area contributed by atoms with Gasteiger partial charge in [0.2, 0.25) is 5.91 Å². The predicted octanol–water partition coefficient (Wildman–Crippen LogP) is 5.03. The van der Waals surface area contributed by atoms with Crippen molar-refractivity contribution in [2.24, 2.45) is 0 Å². The van der Waals surface area contributed by atoms with Gasteiger partial charge < -0.3 is 9.47 Å². The van der Waals surface area contributed by atoms with Gasteiger partial charge in [0, 0.05) is 43.0 Å². The first-order valence-corrected chi connectivity index (χ1v) is 11.3. The van der Waals surface area contributed by atoms with E-state index in [2.05, 4.69) is 27.7 Å². The van der Waals surface area contributed by atoms with Crippen LogP contribution in [0.4, 0.5) is 5.69 Å². The highest BCUT2D eigenvalue weighted by Gasteiger charge is 2.29. The number of fused-ring (bicyclic) bond motifs is 1. The monoisotopic (exact) mass is 517 g/mol. The molecular formula is C25H26Cl3N5O. The van der Waals surface area contributed by atoms with E-state index in [1.54, 1.807) is 0 Å². The Morgan fingerprint density at radius 2 is 1.91 bits per heavy atom. The topological polar surface area (TPSA) is 65.2 Å². The van der Waals surface area contributed by atoms with Gasteiger partial charge in [-0.05, 0) is 48.7 Å². The minimum atomic E-state index is 0. The second-order valence-electron chi connectivity index (χ2n) is 8.41. The maximum Gasteiger partial charge on any atom is 0.241 e. The van der Waals surface area contributed by atoms with E-state index in [-0.39, 0.29) is 36.8 Å². The zero-order valence-electron chi connectivity index (χ0n) is 18.6. The molecule has 178 valence electrons. The van der Waals surface area contributed by atoms with Crippen LogP contribution in [0, 0.1) is 11.3 Å². The standard InChI is InChI=1S/C25H24ClN5O.2ClH/c26-20-3-1-4-21(13-20)30-12-11-29(17-25(30)32)16-22-15-28-24-6-2-5-23(31(22)24)19-9-7-18(14-27)8-10-19;;/h1,3-4,7-10,13,15,23H,2,5-6,11-12,16-17H2;2*1H. The van der Waals surface area contributed by atoms with E-state index in [4.69, 9.17) is 21.8 Å². The van der Waals surface area contributed by atoms with Crippen molar-refractivity contribution in [3.63, 3.8) is 0 Å². The summed E-state index contributed by atoms with van der Waals surface area (Å²) in [6.45, 7) is 2.49. The highest BCUT2D eigenvalue weighted by molar-refractivity contribution is 6.30. The molecule has 1 atom stereocenters. The summed E-state index contributed by atoms with van der Waals surface area (Å²) >= 11 is 6.11. The van der Waals surface area contributed by atoms with Gasteiger partial charge in [-0.15, -0.1) is 24.8 Å². The molecule has 6 nitrogen and oxygen atoms in total. The number of aryl methyl sites for hydroxylation is 1. The number of aromatic nitrogens is 2. The molecule has 0 saturated carbocycles. The van der Waals surface area contributed by atoms with Crippen LogP contribution in [0.2, 0.25) is 5.02 Å². The number of anilines is 1. The van der Waals surface area contributed by atoms with E-state index in [1.165, 1.54) is 5.56 Å². The molecule has 9 heteroatoms. The number of nitriles is 1. The molecule has 0 aliphatic carbocycles. The molecule has 1 aromatic heterocycles. The van der Waals surface area contributed by atoms with E-state index >= 15 is 0 Å². The number of imidazole rings is 1. The Bertz CT molecular complexity index is 1190. The van der Waals surface area contributed by atoms with E-state index < -0.39 is 0 Å². The molecule has 2 aliphatic heterocycles. The lowest BCUT2D eigenvalue weighted by atomic mass is 9.96. The van der Waals surface area contributed by atoms with Gasteiger partial charge in [-0.25, -0.2) is 4.98 Å². The number of hydrogen-bond donors (Lipinski definition) is 0. The molecular weight excluding hydrogens is 493 g/mol. The third-order valence-electron chi connectivity index (χ3n) is 6.37. The van der Waals surface area contributed by atoms with Crippen molar-refractivity contribution in [2.45, 2.75) is 31.8 Å². The average Bonchev–Trinajstić information content (AvgIpc) is 3.22. The van der Waals surface area contributed by atoms with Crippen molar-refractivity contribution in [2.75, 3.05) is 24.5 Å². The average molecular weight is 519 g/mol. The number of nitrogens with zero attached hydrogens (tertiary/aromatic N) is 5. The molecule has 1 fully saturated rings. The van der Waals surface area contributed by atoms with Gasteiger partial charge in [-0.1, -0.05) is 29.8 Å². The number of amides is 1. The van der Waals surface area contributed by atoms with Gasteiger partial charge in [-0.3, -0.25) is 9.69 Å². The number of benzene rings is 2. The quantitative estimate of drug-likeness (QED) is 0.486. The summed E-state index contributed by atoms with van der Waals surface area (Å²) in [5, 5.41) is 9.74.